The second kappa shape index (κ2) is 11.8. The molecule has 0 amide bonds. The van der Waals surface area contributed by atoms with Crippen LogP contribution in [0.1, 0.15) is 18.1 Å². The van der Waals surface area contributed by atoms with Gasteiger partial charge in [0.05, 0.1) is 27.6 Å². The highest BCUT2D eigenvalue weighted by atomic mass is 19.4. The summed E-state index contributed by atoms with van der Waals surface area (Å²) < 4.78 is 91.2. The van der Waals surface area contributed by atoms with Gasteiger partial charge in [0.15, 0.2) is 0 Å². The molecule has 0 saturated carbocycles. The Kier molecular flexibility index (Phi) is 8.78. The number of benzene rings is 2. The highest BCUT2D eigenvalue weighted by Gasteiger charge is 2.49. The van der Waals surface area contributed by atoms with Gasteiger partial charge in [0.25, 0.3) is 11.4 Å². The summed E-state index contributed by atoms with van der Waals surface area (Å²) in [6, 6.07) is 6.04. The van der Waals surface area contributed by atoms with Gasteiger partial charge in [0, 0.05) is 35.4 Å². The first kappa shape index (κ1) is 31.4. The molecule has 2 aromatic rings. The van der Waals surface area contributed by atoms with Gasteiger partial charge in [-0.1, -0.05) is 0 Å². The number of carbonyl (C=O) groups is 2. The summed E-state index contributed by atoms with van der Waals surface area (Å²) in [6.07, 6.45) is -13.2. The zero-order valence-electron chi connectivity index (χ0n) is 20.8. The second-order valence-corrected chi connectivity index (χ2v) is 8.26. The van der Waals surface area contributed by atoms with Gasteiger partial charge in [0.1, 0.15) is 11.5 Å². The molecule has 1 N–H and O–H groups in total. The molecule has 2 heterocycles. The van der Waals surface area contributed by atoms with Crippen LogP contribution < -0.4 is 9.47 Å². The van der Waals surface area contributed by atoms with Crippen molar-refractivity contribution in [1.29, 1.82) is 0 Å². The van der Waals surface area contributed by atoms with Crippen LogP contribution >= 0.6 is 0 Å². The van der Waals surface area contributed by atoms with Crippen molar-refractivity contribution in [2.24, 2.45) is 0 Å². The lowest BCUT2D eigenvalue weighted by molar-refractivity contribution is -0.385. The van der Waals surface area contributed by atoms with Crippen molar-refractivity contribution in [3.8, 4) is 11.5 Å². The van der Waals surface area contributed by atoms with Crippen molar-refractivity contribution in [3.05, 3.63) is 78.9 Å². The summed E-state index contributed by atoms with van der Waals surface area (Å²) in [5, 5.41) is 30.1. The van der Waals surface area contributed by atoms with Crippen LogP contribution in [0.4, 0.5) is 37.7 Å². The zero-order chi connectivity index (χ0) is 31.6. The van der Waals surface area contributed by atoms with Crippen LogP contribution in [0.25, 0.3) is 12.2 Å². The normalized spacial score (nSPS) is 17.4. The SMILES string of the molecule is CCOC(=O)C1=Cc2cc([N+](=O)[O-])ccc2OC1C(F)(F)F.O=C(O)C1=Cc2cc([N+](=O)[O-])ccc2OC1C(F)(F)F. The quantitative estimate of drug-likeness (QED) is 0.205. The van der Waals surface area contributed by atoms with Crippen LogP contribution in [0.5, 0.6) is 11.5 Å². The van der Waals surface area contributed by atoms with E-state index in [4.69, 9.17) is 9.84 Å². The number of alkyl halides is 6. The van der Waals surface area contributed by atoms with E-state index in [9.17, 15) is 56.2 Å². The first-order valence-electron chi connectivity index (χ1n) is 11.3. The van der Waals surface area contributed by atoms with E-state index < -0.39 is 57.5 Å². The van der Waals surface area contributed by atoms with Crippen LogP contribution in [0.3, 0.4) is 0 Å². The second-order valence-electron chi connectivity index (χ2n) is 8.26. The van der Waals surface area contributed by atoms with Crippen molar-refractivity contribution in [2.45, 2.75) is 31.5 Å². The van der Waals surface area contributed by atoms with Gasteiger partial charge in [0.2, 0.25) is 12.2 Å². The molecule has 18 heteroatoms. The lowest BCUT2D eigenvalue weighted by Crippen LogP contribution is -2.40. The third-order valence-corrected chi connectivity index (χ3v) is 5.44. The monoisotopic (exact) mass is 606 g/mol. The van der Waals surface area contributed by atoms with E-state index >= 15 is 0 Å². The molecule has 0 saturated heterocycles. The van der Waals surface area contributed by atoms with E-state index in [1.54, 1.807) is 0 Å². The van der Waals surface area contributed by atoms with Gasteiger partial charge in [-0.3, -0.25) is 20.2 Å². The Morgan fingerprint density at radius 2 is 1.24 bits per heavy atom. The predicted molar refractivity (Wildman–Crippen MR) is 127 cm³/mol. The minimum atomic E-state index is -4.90. The van der Waals surface area contributed by atoms with Crippen LogP contribution in [0, 0.1) is 20.2 Å². The first-order valence-corrected chi connectivity index (χ1v) is 11.3. The molecule has 0 spiro atoms. The number of nitrogens with zero attached hydrogens (tertiary/aromatic N) is 2. The number of carboxylic acid groups (broad SMARTS) is 1. The topological polar surface area (TPSA) is 168 Å². The smallest absolute Gasteiger partial charge is 0.430 e. The van der Waals surface area contributed by atoms with E-state index in [2.05, 4.69) is 9.47 Å². The molecule has 0 radical (unpaired) electrons. The molecule has 12 nitrogen and oxygen atoms in total. The average molecular weight is 606 g/mol. The third kappa shape index (κ3) is 6.94. The van der Waals surface area contributed by atoms with Crippen molar-refractivity contribution in [3.63, 3.8) is 0 Å². The highest BCUT2D eigenvalue weighted by Crippen LogP contribution is 2.40. The summed E-state index contributed by atoms with van der Waals surface area (Å²) in [4.78, 5) is 42.4. The van der Waals surface area contributed by atoms with Gasteiger partial charge in [-0.2, -0.15) is 26.3 Å². The Labute approximate surface area is 229 Å². The van der Waals surface area contributed by atoms with Crippen molar-refractivity contribution in [2.75, 3.05) is 6.61 Å². The van der Waals surface area contributed by atoms with E-state index in [0.29, 0.717) is 0 Å². The van der Waals surface area contributed by atoms with Gasteiger partial charge in [-0.05, 0) is 31.2 Å². The Morgan fingerprint density at radius 3 is 1.60 bits per heavy atom. The number of carboxylic acids is 1. The molecule has 224 valence electrons. The van der Waals surface area contributed by atoms with Gasteiger partial charge >= 0.3 is 24.3 Å². The molecule has 2 unspecified atom stereocenters. The molecule has 0 fully saturated rings. The number of non-ortho nitro benzene ring substituents is 2. The van der Waals surface area contributed by atoms with Crippen LogP contribution in [0.15, 0.2) is 47.5 Å². The maximum absolute atomic E-state index is 13.0. The van der Waals surface area contributed by atoms with Crippen molar-refractivity contribution < 1.29 is 65.1 Å². The number of rotatable bonds is 5. The average Bonchev–Trinajstić information content (AvgIpc) is 2.90. The number of ether oxygens (including phenoxy) is 3. The Morgan fingerprint density at radius 1 is 0.833 bits per heavy atom. The summed E-state index contributed by atoms with van der Waals surface area (Å²) in [5.74, 6) is -3.43. The molecule has 0 aromatic heterocycles. The standard InChI is InChI=1S/C13H10F3NO5.C11H6F3NO5/c1-2-21-12(18)9-6-7-5-8(17(19)20)3-4-10(7)22-11(9)13(14,15)16;12-11(13,14)9-7(10(16)17)4-5-3-6(15(18)19)1-2-8(5)20-9/h3-6,11H,2H2,1H3;1-4,9H,(H,16,17). The molecule has 4 rings (SSSR count). The zero-order valence-corrected chi connectivity index (χ0v) is 20.8. The third-order valence-electron chi connectivity index (χ3n) is 5.44. The Hall–Kier alpha value is -5.16. The van der Waals surface area contributed by atoms with Gasteiger partial charge in [-0.15, -0.1) is 0 Å². The number of esters is 1. The fourth-order valence-corrected chi connectivity index (χ4v) is 3.65. The minimum absolute atomic E-state index is 0.0118. The molecular weight excluding hydrogens is 590 g/mol. The summed E-state index contributed by atoms with van der Waals surface area (Å²) in [6.45, 7) is 1.34. The molecule has 0 aliphatic carbocycles. The highest BCUT2D eigenvalue weighted by molar-refractivity contribution is 5.96. The Bertz CT molecular complexity index is 1500. The maximum atomic E-state index is 13.0. The molecule has 0 bridgehead atoms. The summed E-state index contributed by atoms with van der Waals surface area (Å²) >= 11 is 0. The van der Waals surface area contributed by atoms with Crippen LogP contribution in [-0.2, 0) is 14.3 Å². The van der Waals surface area contributed by atoms with E-state index in [1.807, 2.05) is 0 Å². The molecule has 42 heavy (non-hydrogen) atoms. The number of hydrogen-bond acceptors (Lipinski definition) is 9. The van der Waals surface area contributed by atoms with Gasteiger partial charge < -0.3 is 19.3 Å². The number of carbonyl (C=O) groups excluding carboxylic acids is 1. The molecule has 2 aliphatic rings. The minimum Gasteiger partial charge on any atom is -0.478 e. The predicted octanol–water partition coefficient (Wildman–Crippen LogP) is 5.25. The molecule has 2 aromatic carbocycles. The fourth-order valence-electron chi connectivity index (χ4n) is 3.65. The number of fused-ring (bicyclic) bond motifs is 2. The van der Waals surface area contributed by atoms with Gasteiger partial charge in [-0.25, -0.2) is 9.59 Å². The lowest BCUT2D eigenvalue weighted by Gasteiger charge is -2.27. The van der Waals surface area contributed by atoms with Crippen molar-refractivity contribution in [1.82, 2.24) is 0 Å². The number of nitro benzene ring substituents is 2. The van der Waals surface area contributed by atoms with E-state index in [0.717, 1.165) is 48.6 Å². The molecular formula is C24H16F6N2O10. The summed E-state index contributed by atoms with van der Waals surface area (Å²) in [7, 11) is 0. The number of nitro groups is 2. The van der Waals surface area contributed by atoms with Crippen molar-refractivity contribution >= 4 is 35.5 Å². The van der Waals surface area contributed by atoms with E-state index in [1.165, 1.54) is 6.92 Å². The molecule has 2 atom stereocenters. The summed E-state index contributed by atoms with van der Waals surface area (Å²) in [5.41, 5.74) is -2.55. The number of aliphatic carboxylic acids is 1. The van der Waals surface area contributed by atoms with Crippen LogP contribution in [-0.4, -0.2) is 58.1 Å². The Balaban J connectivity index is 0.000000231. The number of hydrogen-bond donors (Lipinski definition) is 1. The number of halogens is 6. The lowest BCUT2D eigenvalue weighted by atomic mass is 10.0. The van der Waals surface area contributed by atoms with Crippen LogP contribution in [0.2, 0.25) is 0 Å². The first-order chi connectivity index (χ1) is 19.4. The largest absolute Gasteiger partial charge is 0.478 e. The molecule has 2 aliphatic heterocycles. The van der Waals surface area contributed by atoms with E-state index in [-0.39, 0.29) is 40.6 Å². The maximum Gasteiger partial charge on any atom is 0.430 e. The fraction of sp³-hybridized carbons (Fsp3) is 0.250.